The number of nitrogens with one attached hydrogen (secondary N) is 2. The number of ether oxygens (including phenoxy) is 2. The Labute approximate surface area is 131 Å². The molecule has 0 saturated carbocycles. The van der Waals surface area contributed by atoms with Gasteiger partial charge in [0.25, 0.3) is 0 Å². The van der Waals surface area contributed by atoms with Crippen LogP contribution >= 0.6 is 0 Å². The van der Waals surface area contributed by atoms with Crippen molar-refractivity contribution >= 4 is 17.5 Å². The fourth-order valence-corrected chi connectivity index (χ4v) is 1.66. The Morgan fingerprint density at radius 3 is 2.41 bits per heavy atom. The first-order valence-electron chi connectivity index (χ1n) is 7.48. The lowest BCUT2D eigenvalue weighted by molar-refractivity contribution is -0.136. The predicted molar refractivity (Wildman–Crippen MR) is 85.0 cm³/mol. The number of anilines is 1. The van der Waals surface area contributed by atoms with Gasteiger partial charge in [-0.15, -0.1) is 0 Å². The van der Waals surface area contributed by atoms with Crippen LogP contribution in [0.5, 0.6) is 5.75 Å². The maximum Gasteiger partial charge on any atom is 0.313 e. The van der Waals surface area contributed by atoms with Crippen LogP contribution in [0.2, 0.25) is 0 Å². The van der Waals surface area contributed by atoms with Gasteiger partial charge in [-0.3, -0.25) is 9.59 Å². The molecule has 122 valence electrons. The zero-order valence-electron chi connectivity index (χ0n) is 13.2. The Balaban J connectivity index is 2.35. The van der Waals surface area contributed by atoms with Crippen molar-refractivity contribution in [1.82, 2.24) is 5.32 Å². The van der Waals surface area contributed by atoms with Gasteiger partial charge in [-0.05, 0) is 37.1 Å². The maximum atomic E-state index is 11.7. The number of amides is 2. The molecule has 0 saturated heterocycles. The van der Waals surface area contributed by atoms with Crippen LogP contribution in [0.25, 0.3) is 0 Å². The summed E-state index contributed by atoms with van der Waals surface area (Å²) < 4.78 is 10.4. The summed E-state index contributed by atoms with van der Waals surface area (Å²) in [7, 11) is 1.59. The number of hydrogen-bond acceptors (Lipinski definition) is 4. The second-order valence-electron chi connectivity index (χ2n) is 4.78. The molecule has 6 nitrogen and oxygen atoms in total. The molecule has 2 amide bonds. The average Bonchev–Trinajstić information content (AvgIpc) is 2.53. The molecule has 0 heterocycles. The molecule has 22 heavy (non-hydrogen) atoms. The summed E-state index contributed by atoms with van der Waals surface area (Å²) >= 11 is 0. The van der Waals surface area contributed by atoms with Crippen molar-refractivity contribution in [2.75, 3.05) is 32.2 Å². The zero-order chi connectivity index (χ0) is 16.2. The zero-order valence-corrected chi connectivity index (χ0v) is 13.2. The second kappa shape index (κ2) is 10.6. The van der Waals surface area contributed by atoms with Crippen LogP contribution in [-0.2, 0) is 14.3 Å². The van der Waals surface area contributed by atoms with E-state index in [1.807, 2.05) is 0 Å². The molecular formula is C16H24N2O4. The van der Waals surface area contributed by atoms with Gasteiger partial charge in [-0.1, -0.05) is 13.3 Å². The molecule has 1 aromatic carbocycles. The van der Waals surface area contributed by atoms with Crippen molar-refractivity contribution in [1.29, 1.82) is 0 Å². The van der Waals surface area contributed by atoms with Crippen molar-refractivity contribution in [3.05, 3.63) is 24.3 Å². The molecule has 0 atom stereocenters. The van der Waals surface area contributed by atoms with E-state index >= 15 is 0 Å². The van der Waals surface area contributed by atoms with Crippen molar-refractivity contribution < 1.29 is 19.1 Å². The monoisotopic (exact) mass is 308 g/mol. The lowest BCUT2D eigenvalue weighted by Crippen LogP contribution is -2.36. The smallest absolute Gasteiger partial charge is 0.313 e. The molecule has 0 aliphatic heterocycles. The third-order valence-corrected chi connectivity index (χ3v) is 2.90. The lowest BCUT2D eigenvalue weighted by atomic mass is 10.3. The Morgan fingerprint density at radius 2 is 1.77 bits per heavy atom. The van der Waals surface area contributed by atoms with Crippen molar-refractivity contribution in [3.8, 4) is 5.75 Å². The molecule has 0 fully saturated rings. The predicted octanol–water partition coefficient (Wildman–Crippen LogP) is 1.96. The van der Waals surface area contributed by atoms with Crippen LogP contribution in [-0.4, -0.2) is 38.7 Å². The van der Waals surface area contributed by atoms with E-state index < -0.39 is 11.8 Å². The van der Waals surface area contributed by atoms with Crippen LogP contribution in [0.1, 0.15) is 26.2 Å². The normalized spacial score (nSPS) is 10.1. The minimum absolute atomic E-state index is 0.407. The number of carbonyl (C=O) groups excluding carboxylic acids is 2. The molecule has 2 N–H and O–H groups in total. The quantitative estimate of drug-likeness (QED) is 0.540. The van der Waals surface area contributed by atoms with Gasteiger partial charge in [-0.2, -0.15) is 0 Å². The number of hydrogen-bond donors (Lipinski definition) is 2. The molecule has 0 spiro atoms. The SMILES string of the molecule is CCCCOc1ccc(NC(=O)C(=O)NCCCOC)cc1. The highest BCUT2D eigenvalue weighted by Crippen LogP contribution is 2.15. The van der Waals surface area contributed by atoms with Crippen molar-refractivity contribution in [2.45, 2.75) is 26.2 Å². The van der Waals surface area contributed by atoms with E-state index in [1.54, 1.807) is 31.4 Å². The van der Waals surface area contributed by atoms with Crippen LogP contribution in [0.3, 0.4) is 0 Å². The van der Waals surface area contributed by atoms with E-state index in [1.165, 1.54) is 0 Å². The minimum atomic E-state index is -0.683. The molecule has 6 heteroatoms. The first-order chi connectivity index (χ1) is 10.7. The van der Waals surface area contributed by atoms with Crippen molar-refractivity contribution in [3.63, 3.8) is 0 Å². The van der Waals surface area contributed by atoms with Gasteiger partial charge in [0.15, 0.2) is 0 Å². The molecule has 0 radical (unpaired) electrons. The molecule has 0 aromatic heterocycles. The first-order valence-corrected chi connectivity index (χ1v) is 7.48. The van der Waals surface area contributed by atoms with Gasteiger partial charge < -0.3 is 20.1 Å². The van der Waals surface area contributed by atoms with Gasteiger partial charge in [0, 0.05) is 25.9 Å². The summed E-state index contributed by atoms with van der Waals surface area (Å²) in [4.78, 5) is 23.2. The molecule has 1 aromatic rings. The summed E-state index contributed by atoms with van der Waals surface area (Å²) in [6, 6.07) is 6.94. The van der Waals surface area contributed by atoms with Gasteiger partial charge in [0.2, 0.25) is 0 Å². The number of benzene rings is 1. The number of rotatable bonds is 9. The fourth-order valence-electron chi connectivity index (χ4n) is 1.66. The molecule has 0 aliphatic rings. The number of methoxy groups -OCH3 is 1. The van der Waals surface area contributed by atoms with Gasteiger partial charge in [-0.25, -0.2) is 0 Å². The van der Waals surface area contributed by atoms with E-state index in [0.29, 0.717) is 31.9 Å². The maximum absolute atomic E-state index is 11.7. The number of unbranched alkanes of at least 4 members (excludes halogenated alkanes) is 1. The highest BCUT2D eigenvalue weighted by atomic mass is 16.5. The Hall–Kier alpha value is -2.08. The largest absolute Gasteiger partial charge is 0.494 e. The summed E-state index contributed by atoms with van der Waals surface area (Å²) in [5.41, 5.74) is 0.555. The molecule has 0 aliphatic carbocycles. The standard InChI is InChI=1S/C16H24N2O4/c1-3-4-12-22-14-8-6-13(7-9-14)18-16(20)15(19)17-10-5-11-21-2/h6-9H,3-5,10-12H2,1-2H3,(H,17,19)(H,18,20). The minimum Gasteiger partial charge on any atom is -0.494 e. The number of carbonyl (C=O) groups is 2. The van der Waals surface area contributed by atoms with E-state index in [4.69, 9.17) is 9.47 Å². The highest BCUT2D eigenvalue weighted by molar-refractivity contribution is 6.39. The molecule has 1 rings (SSSR count). The van der Waals surface area contributed by atoms with Crippen LogP contribution < -0.4 is 15.4 Å². The summed E-state index contributed by atoms with van der Waals surface area (Å²) in [5, 5.41) is 5.07. The summed E-state index contributed by atoms with van der Waals surface area (Å²) in [6.07, 6.45) is 2.74. The molecular weight excluding hydrogens is 284 g/mol. The average molecular weight is 308 g/mol. The van der Waals surface area contributed by atoms with Crippen LogP contribution in [0.4, 0.5) is 5.69 Å². The highest BCUT2D eigenvalue weighted by Gasteiger charge is 2.12. The summed E-state index contributed by atoms with van der Waals surface area (Å²) in [5.74, 6) is -0.591. The summed E-state index contributed by atoms with van der Waals surface area (Å²) in [6.45, 7) is 3.72. The third-order valence-electron chi connectivity index (χ3n) is 2.90. The van der Waals surface area contributed by atoms with Crippen LogP contribution in [0, 0.1) is 0 Å². The third kappa shape index (κ3) is 7.08. The van der Waals surface area contributed by atoms with Gasteiger partial charge >= 0.3 is 11.8 Å². The molecule has 0 unspecified atom stereocenters. The Kier molecular flexibility index (Phi) is 8.67. The van der Waals surface area contributed by atoms with Gasteiger partial charge in [0.1, 0.15) is 5.75 Å². The topological polar surface area (TPSA) is 76.7 Å². The van der Waals surface area contributed by atoms with E-state index in [2.05, 4.69) is 17.6 Å². The van der Waals surface area contributed by atoms with Crippen molar-refractivity contribution in [2.24, 2.45) is 0 Å². The Morgan fingerprint density at radius 1 is 1.05 bits per heavy atom. The van der Waals surface area contributed by atoms with E-state index in [0.717, 1.165) is 18.6 Å². The van der Waals surface area contributed by atoms with E-state index in [9.17, 15) is 9.59 Å². The molecule has 0 bridgehead atoms. The van der Waals surface area contributed by atoms with E-state index in [-0.39, 0.29) is 0 Å². The fraction of sp³-hybridized carbons (Fsp3) is 0.500. The first kappa shape index (κ1) is 18.0. The lowest BCUT2D eigenvalue weighted by Gasteiger charge is -2.08. The van der Waals surface area contributed by atoms with Crippen LogP contribution in [0.15, 0.2) is 24.3 Å². The van der Waals surface area contributed by atoms with Gasteiger partial charge in [0.05, 0.1) is 6.61 Å². The second-order valence-corrected chi connectivity index (χ2v) is 4.78. The Bertz CT molecular complexity index is 460.